The lowest BCUT2D eigenvalue weighted by molar-refractivity contribution is 0.173. The molecule has 1 aromatic rings. The average molecular weight is 224 g/mol. The number of benzene rings is 1. The second-order valence-corrected chi connectivity index (χ2v) is 4.20. The molecule has 0 aromatic heterocycles. The Bertz CT molecular complexity index is 366. The van der Waals surface area contributed by atoms with E-state index in [2.05, 4.69) is 17.3 Å². The fraction of sp³-hybridized carbons (Fsp3) is 0.500. The molecule has 0 spiro atoms. The number of likely N-dealkylation sites (N-methyl/N-ethyl adjacent to an activating group) is 1. The van der Waals surface area contributed by atoms with Crippen molar-refractivity contribution in [2.75, 3.05) is 27.2 Å². The second kappa shape index (κ2) is 4.80. The van der Waals surface area contributed by atoms with Gasteiger partial charge in [-0.05, 0) is 24.7 Å². The Morgan fingerprint density at radius 2 is 2.25 bits per heavy atom. The fourth-order valence-corrected chi connectivity index (χ4v) is 1.81. The van der Waals surface area contributed by atoms with E-state index >= 15 is 0 Å². The van der Waals surface area contributed by atoms with Gasteiger partial charge in [-0.25, -0.2) is 4.39 Å². The minimum absolute atomic E-state index is 0.292. The fourth-order valence-electron chi connectivity index (χ4n) is 1.81. The van der Waals surface area contributed by atoms with Crippen LogP contribution in [0, 0.1) is 5.82 Å². The highest BCUT2D eigenvalue weighted by Gasteiger charge is 2.21. The molecule has 1 fully saturated rings. The SMILES string of the molecule is COc1ccc(CN(C)C2CNC2)cc1F. The molecule has 1 aliphatic rings. The van der Waals surface area contributed by atoms with E-state index in [0.29, 0.717) is 11.8 Å². The summed E-state index contributed by atoms with van der Waals surface area (Å²) in [6, 6.07) is 5.70. The molecule has 1 heterocycles. The maximum absolute atomic E-state index is 13.4. The van der Waals surface area contributed by atoms with Crippen LogP contribution < -0.4 is 10.1 Å². The van der Waals surface area contributed by atoms with Gasteiger partial charge < -0.3 is 10.1 Å². The van der Waals surface area contributed by atoms with Gasteiger partial charge in [0.15, 0.2) is 11.6 Å². The molecule has 1 aromatic carbocycles. The normalized spacial score (nSPS) is 16.2. The molecule has 16 heavy (non-hydrogen) atoms. The van der Waals surface area contributed by atoms with Crippen molar-refractivity contribution >= 4 is 0 Å². The van der Waals surface area contributed by atoms with E-state index in [0.717, 1.165) is 25.2 Å². The third-order valence-corrected chi connectivity index (χ3v) is 3.03. The number of rotatable bonds is 4. The summed E-state index contributed by atoms with van der Waals surface area (Å²) in [5.74, 6) is 0.0110. The number of hydrogen-bond donors (Lipinski definition) is 1. The van der Waals surface area contributed by atoms with Gasteiger partial charge in [-0.3, -0.25) is 4.90 Å². The molecule has 0 unspecified atom stereocenters. The van der Waals surface area contributed by atoms with Crippen molar-refractivity contribution in [2.45, 2.75) is 12.6 Å². The molecule has 0 aliphatic carbocycles. The van der Waals surface area contributed by atoms with Crippen molar-refractivity contribution in [2.24, 2.45) is 0 Å². The van der Waals surface area contributed by atoms with Crippen molar-refractivity contribution in [3.63, 3.8) is 0 Å². The summed E-state index contributed by atoms with van der Waals surface area (Å²) in [5, 5.41) is 3.22. The molecule has 88 valence electrons. The number of halogens is 1. The van der Waals surface area contributed by atoms with E-state index in [9.17, 15) is 4.39 Å². The third-order valence-electron chi connectivity index (χ3n) is 3.03. The monoisotopic (exact) mass is 224 g/mol. The van der Waals surface area contributed by atoms with Crippen LogP contribution in [-0.2, 0) is 6.54 Å². The largest absolute Gasteiger partial charge is 0.494 e. The summed E-state index contributed by atoms with van der Waals surface area (Å²) in [4.78, 5) is 2.23. The van der Waals surface area contributed by atoms with Crippen molar-refractivity contribution in [3.05, 3.63) is 29.6 Å². The molecule has 1 aliphatic heterocycles. The molecule has 1 N–H and O–H groups in total. The van der Waals surface area contributed by atoms with Crippen molar-refractivity contribution < 1.29 is 9.13 Å². The first-order valence-electron chi connectivity index (χ1n) is 5.44. The molecule has 0 saturated carbocycles. The zero-order valence-corrected chi connectivity index (χ0v) is 9.66. The van der Waals surface area contributed by atoms with Gasteiger partial charge in [0.2, 0.25) is 0 Å². The van der Waals surface area contributed by atoms with E-state index in [1.165, 1.54) is 7.11 Å². The molecule has 4 heteroatoms. The minimum Gasteiger partial charge on any atom is -0.494 e. The van der Waals surface area contributed by atoms with Gasteiger partial charge in [-0.2, -0.15) is 0 Å². The van der Waals surface area contributed by atoms with Gasteiger partial charge in [-0.15, -0.1) is 0 Å². The standard InChI is InChI=1S/C12H17FN2O/c1-15(10-6-14-7-10)8-9-3-4-12(16-2)11(13)5-9/h3-5,10,14H,6-8H2,1-2H3. The van der Waals surface area contributed by atoms with Crippen LogP contribution in [0.3, 0.4) is 0 Å². The molecule has 0 atom stereocenters. The lowest BCUT2D eigenvalue weighted by Crippen LogP contribution is -2.55. The summed E-state index contributed by atoms with van der Waals surface area (Å²) < 4.78 is 18.3. The molecule has 0 radical (unpaired) electrons. The van der Waals surface area contributed by atoms with Gasteiger partial charge in [-0.1, -0.05) is 6.07 Å². The van der Waals surface area contributed by atoms with Crippen LogP contribution in [0.4, 0.5) is 4.39 Å². The lowest BCUT2D eigenvalue weighted by Gasteiger charge is -2.35. The Hall–Kier alpha value is -1.13. The summed E-state index contributed by atoms with van der Waals surface area (Å²) in [6.45, 7) is 2.82. The van der Waals surface area contributed by atoms with E-state index < -0.39 is 0 Å². The highest BCUT2D eigenvalue weighted by molar-refractivity contribution is 5.29. The van der Waals surface area contributed by atoms with E-state index in [1.54, 1.807) is 12.1 Å². The third kappa shape index (κ3) is 2.33. The van der Waals surface area contributed by atoms with Crippen LogP contribution in [0.1, 0.15) is 5.56 Å². The number of ether oxygens (including phenoxy) is 1. The van der Waals surface area contributed by atoms with Crippen LogP contribution in [0.15, 0.2) is 18.2 Å². The van der Waals surface area contributed by atoms with Crippen LogP contribution in [0.5, 0.6) is 5.75 Å². The van der Waals surface area contributed by atoms with Crippen molar-refractivity contribution in [3.8, 4) is 5.75 Å². The first-order valence-corrected chi connectivity index (χ1v) is 5.44. The summed E-state index contributed by atoms with van der Waals surface area (Å²) >= 11 is 0. The van der Waals surface area contributed by atoms with Gasteiger partial charge in [0.1, 0.15) is 0 Å². The Labute approximate surface area is 95.2 Å². The first-order chi connectivity index (χ1) is 7.70. The Kier molecular flexibility index (Phi) is 3.41. The van der Waals surface area contributed by atoms with Crippen molar-refractivity contribution in [1.82, 2.24) is 10.2 Å². The van der Waals surface area contributed by atoms with Crippen LogP contribution in [-0.4, -0.2) is 38.2 Å². The van der Waals surface area contributed by atoms with Gasteiger partial charge in [0.05, 0.1) is 7.11 Å². The van der Waals surface area contributed by atoms with Gasteiger partial charge in [0, 0.05) is 25.7 Å². The highest BCUT2D eigenvalue weighted by Crippen LogP contribution is 2.19. The van der Waals surface area contributed by atoms with Crippen LogP contribution in [0.25, 0.3) is 0 Å². The zero-order valence-electron chi connectivity index (χ0n) is 9.66. The zero-order chi connectivity index (χ0) is 11.5. The van der Waals surface area contributed by atoms with E-state index in [4.69, 9.17) is 4.74 Å². The van der Waals surface area contributed by atoms with E-state index in [1.807, 2.05) is 6.07 Å². The predicted octanol–water partition coefficient (Wildman–Crippen LogP) is 1.24. The van der Waals surface area contributed by atoms with Gasteiger partial charge in [0.25, 0.3) is 0 Å². The molecule has 0 amide bonds. The van der Waals surface area contributed by atoms with E-state index in [-0.39, 0.29) is 5.82 Å². The van der Waals surface area contributed by atoms with Crippen LogP contribution in [0.2, 0.25) is 0 Å². The smallest absolute Gasteiger partial charge is 0.165 e. The average Bonchev–Trinajstić information content (AvgIpc) is 2.15. The maximum Gasteiger partial charge on any atom is 0.165 e. The topological polar surface area (TPSA) is 24.5 Å². The summed E-state index contributed by atoms with van der Waals surface area (Å²) in [5.41, 5.74) is 0.979. The molecular formula is C12H17FN2O. The highest BCUT2D eigenvalue weighted by atomic mass is 19.1. The minimum atomic E-state index is -0.292. The maximum atomic E-state index is 13.4. The van der Waals surface area contributed by atoms with Crippen molar-refractivity contribution in [1.29, 1.82) is 0 Å². The molecular weight excluding hydrogens is 207 g/mol. The van der Waals surface area contributed by atoms with Gasteiger partial charge >= 0.3 is 0 Å². The lowest BCUT2D eigenvalue weighted by atomic mass is 10.1. The number of nitrogens with zero attached hydrogens (tertiary/aromatic N) is 1. The number of methoxy groups -OCH3 is 1. The molecule has 3 nitrogen and oxygen atoms in total. The summed E-state index contributed by atoms with van der Waals surface area (Å²) in [6.07, 6.45) is 0. The molecule has 1 saturated heterocycles. The summed E-state index contributed by atoms with van der Waals surface area (Å²) in [7, 11) is 3.54. The Balaban J connectivity index is 2.01. The second-order valence-electron chi connectivity index (χ2n) is 4.20. The van der Waals surface area contributed by atoms with Crippen LogP contribution >= 0.6 is 0 Å². The Morgan fingerprint density at radius 1 is 1.50 bits per heavy atom. The first kappa shape index (κ1) is 11.4. The number of nitrogens with one attached hydrogen (secondary N) is 1. The predicted molar refractivity (Wildman–Crippen MR) is 61.1 cm³/mol. The quantitative estimate of drug-likeness (QED) is 0.832. The molecule has 2 rings (SSSR count). The Morgan fingerprint density at radius 3 is 2.75 bits per heavy atom. The number of hydrogen-bond acceptors (Lipinski definition) is 3. The molecule has 0 bridgehead atoms.